The molecule has 1 aliphatic rings. The van der Waals surface area contributed by atoms with E-state index in [2.05, 4.69) is 18.8 Å². The Bertz CT molecular complexity index is 410. The van der Waals surface area contributed by atoms with Crippen molar-refractivity contribution in [3.63, 3.8) is 0 Å². The highest BCUT2D eigenvalue weighted by molar-refractivity contribution is 7.09. The quantitative estimate of drug-likeness (QED) is 0.840. The summed E-state index contributed by atoms with van der Waals surface area (Å²) >= 11 is 1.59. The SMILES string of the molecule is CC(C)c1nc(C2(C(N)C(=O)O)CC2)cs1. The Balaban J connectivity index is 2.26. The van der Waals surface area contributed by atoms with Crippen LogP contribution >= 0.6 is 11.3 Å². The highest BCUT2D eigenvalue weighted by Crippen LogP contribution is 2.50. The van der Waals surface area contributed by atoms with Crippen LogP contribution in [0.2, 0.25) is 0 Å². The van der Waals surface area contributed by atoms with Crippen molar-refractivity contribution in [2.45, 2.75) is 44.1 Å². The van der Waals surface area contributed by atoms with E-state index in [-0.39, 0.29) is 0 Å². The third kappa shape index (κ3) is 1.74. The number of nitrogens with zero attached hydrogens (tertiary/aromatic N) is 1. The molecule has 88 valence electrons. The van der Waals surface area contributed by atoms with Gasteiger partial charge in [0.05, 0.1) is 10.7 Å². The molecule has 5 heteroatoms. The van der Waals surface area contributed by atoms with Crippen molar-refractivity contribution >= 4 is 17.3 Å². The Labute approximate surface area is 98.5 Å². The Morgan fingerprint density at radius 3 is 2.62 bits per heavy atom. The van der Waals surface area contributed by atoms with Gasteiger partial charge in [0.2, 0.25) is 0 Å². The summed E-state index contributed by atoms with van der Waals surface area (Å²) < 4.78 is 0. The molecule has 4 nitrogen and oxygen atoms in total. The van der Waals surface area contributed by atoms with Crippen LogP contribution in [0.1, 0.15) is 43.3 Å². The van der Waals surface area contributed by atoms with Crippen LogP contribution in [0.3, 0.4) is 0 Å². The molecule has 1 aromatic heterocycles. The highest BCUT2D eigenvalue weighted by Gasteiger charge is 2.54. The molecule has 1 unspecified atom stereocenters. The maximum absolute atomic E-state index is 11.0. The standard InChI is InChI=1S/C11H16N2O2S/c1-6(2)9-13-7(5-16-9)11(3-4-11)8(12)10(14)15/h5-6,8H,3-4,12H2,1-2H3,(H,14,15). The van der Waals surface area contributed by atoms with Gasteiger partial charge in [0.15, 0.2) is 0 Å². The first-order valence-corrected chi connectivity index (χ1v) is 6.29. The van der Waals surface area contributed by atoms with E-state index in [1.807, 2.05) is 5.38 Å². The van der Waals surface area contributed by atoms with Gasteiger partial charge in [-0.1, -0.05) is 13.8 Å². The minimum atomic E-state index is -0.934. The van der Waals surface area contributed by atoms with Crippen molar-refractivity contribution in [1.29, 1.82) is 0 Å². The van der Waals surface area contributed by atoms with Crippen molar-refractivity contribution in [3.8, 4) is 0 Å². The number of carboxylic acid groups (broad SMARTS) is 1. The lowest BCUT2D eigenvalue weighted by molar-refractivity contribution is -0.139. The Morgan fingerprint density at radius 2 is 2.25 bits per heavy atom. The summed E-state index contributed by atoms with van der Waals surface area (Å²) in [5, 5.41) is 12.0. The number of aliphatic carboxylic acids is 1. The molecular formula is C11H16N2O2S. The lowest BCUT2D eigenvalue weighted by Crippen LogP contribution is -2.42. The molecule has 1 fully saturated rings. The van der Waals surface area contributed by atoms with Gasteiger partial charge in [0, 0.05) is 16.7 Å². The molecule has 1 aromatic rings. The third-order valence-electron chi connectivity index (χ3n) is 3.18. The summed E-state index contributed by atoms with van der Waals surface area (Å²) in [6.45, 7) is 4.17. The Hall–Kier alpha value is -0.940. The van der Waals surface area contributed by atoms with Gasteiger partial charge in [-0.15, -0.1) is 11.3 Å². The Kier molecular flexibility index (Phi) is 2.75. The molecule has 0 aromatic carbocycles. The zero-order valence-corrected chi connectivity index (χ0v) is 10.3. The summed E-state index contributed by atoms with van der Waals surface area (Å²) in [6, 6.07) is -0.824. The van der Waals surface area contributed by atoms with E-state index in [0.29, 0.717) is 5.92 Å². The summed E-state index contributed by atoms with van der Waals surface area (Å²) in [7, 11) is 0. The summed E-state index contributed by atoms with van der Waals surface area (Å²) in [4.78, 5) is 15.5. The van der Waals surface area contributed by atoms with Crippen LogP contribution in [-0.4, -0.2) is 22.1 Å². The lowest BCUT2D eigenvalue weighted by Gasteiger charge is -2.17. The van der Waals surface area contributed by atoms with E-state index in [0.717, 1.165) is 23.5 Å². The fourth-order valence-corrected chi connectivity index (χ4v) is 2.82. The zero-order valence-electron chi connectivity index (χ0n) is 9.43. The number of hydrogen-bond acceptors (Lipinski definition) is 4. The van der Waals surface area contributed by atoms with E-state index in [1.165, 1.54) is 0 Å². The van der Waals surface area contributed by atoms with Crippen molar-refractivity contribution in [1.82, 2.24) is 4.98 Å². The second-order valence-corrected chi connectivity index (χ2v) is 5.59. The number of aromatic nitrogens is 1. The molecule has 0 spiro atoms. The molecule has 0 aliphatic heterocycles. The van der Waals surface area contributed by atoms with E-state index in [9.17, 15) is 4.79 Å². The molecule has 0 amide bonds. The second kappa shape index (κ2) is 3.82. The summed E-state index contributed by atoms with van der Waals surface area (Å²) in [5.74, 6) is -0.549. The van der Waals surface area contributed by atoms with Gasteiger partial charge in [0.1, 0.15) is 6.04 Å². The average Bonchev–Trinajstić information content (AvgIpc) is 2.87. The number of carbonyl (C=O) groups is 1. The molecule has 0 radical (unpaired) electrons. The van der Waals surface area contributed by atoms with Crippen LogP contribution in [0, 0.1) is 0 Å². The van der Waals surface area contributed by atoms with E-state index < -0.39 is 17.4 Å². The number of thiazole rings is 1. The van der Waals surface area contributed by atoms with Crippen molar-refractivity contribution < 1.29 is 9.90 Å². The van der Waals surface area contributed by atoms with E-state index in [4.69, 9.17) is 10.8 Å². The first-order valence-electron chi connectivity index (χ1n) is 5.41. The van der Waals surface area contributed by atoms with E-state index in [1.54, 1.807) is 11.3 Å². The second-order valence-electron chi connectivity index (χ2n) is 4.70. The Morgan fingerprint density at radius 1 is 1.62 bits per heavy atom. The molecule has 1 aliphatic carbocycles. The van der Waals surface area contributed by atoms with Gasteiger partial charge in [-0.3, -0.25) is 4.79 Å². The molecule has 1 atom stereocenters. The van der Waals surface area contributed by atoms with Crippen molar-refractivity contribution in [2.75, 3.05) is 0 Å². The molecule has 0 bridgehead atoms. The van der Waals surface area contributed by atoms with Gasteiger partial charge >= 0.3 is 5.97 Å². The minimum Gasteiger partial charge on any atom is -0.480 e. The van der Waals surface area contributed by atoms with Crippen molar-refractivity contribution in [2.24, 2.45) is 5.73 Å². The fourth-order valence-electron chi connectivity index (χ4n) is 1.88. The van der Waals surface area contributed by atoms with Gasteiger partial charge in [-0.2, -0.15) is 0 Å². The lowest BCUT2D eigenvalue weighted by atomic mass is 9.94. The van der Waals surface area contributed by atoms with Crippen LogP contribution in [-0.2, 0) is 10.2 Å². The van der Waals surface area contributed by atoms with Crippen LogP contribution < -0.4 is 5.73 Å². The normalized spacial score (nSPS) is 19.8. The number of nitrogens with two attached hydrogens (primary N) is 1. The molecular weight excluding hydrogens is 224 g/mol. The number of rotatable bonds is 4. The van der Waals surface area contributed by atoms with Crippen LogP contribution in [0.5, 0.6) is 0 Å². The highest BCUT2D eigenvalue weighted by atomic mass is 32.1. The first-order chi connectivity index (χ1) is 7.47. The monoisotopic (exact) mass is 240 g/mol. The first kappa shape index (κ1) is 11.5. The van der Waals surface area contributed by atoms with Crippen LogP contribution in [0.15, 0.2) is 5.38 Å². The largest absolute Gasteiger partial charge is 0.480 e. The van der Waals surface area contributed by atoms with Crippen molar-refractivity contribution in [3.05, 3.63) is 16.1 Å². The molecule has 2 rings (SSSR count). The smallest absolute Gasteiger partial charge is 0.321 e. The van der Waals surface area contributed by atoms with Crippen LogP contribution in [0.4, 0.5) is 0 Å². The molecule has 16 heavy (non-hydrogen) atoms. The van der Waals surface area contributed by atoms with Gasteiger partial charge < -0.3 is 10.8 Å². The molecule has 3 N–H and O–H groups in total. The van der Waals surface area contributed by atoms with E-state index >= 15 is 0 Å². The van der Waals surface area contributed by atoms with Gasteiger partial charge in [-0.25, -0.2) is 4.98 Å². The minimum absolute atomic E-state index is 0.385. The maximum atomic E-state index is 11.0. The fraction of sp³-hybridized carbons (Fsp3) is 0.636. The topological polar surface area (TPSA) is 76.2 Å². The predicted octanol–water partition coefficient (Wildman–Crippen LogP) is 1.71. The summed E-state index contributed by atoms with van der Waals surface area (Å²) in [6.07, 6.45) is 1.67. The van der Waals surface area contributed by atoms with Gasteiger partial charge in [0.25, 0.3) is 0 Å². The number of hydrogen-bond donors (Lipinski definition) is 2. The van der Waals surface area contributed by atoms with Gasteiger partial charge in [-0.05, 0) is 12.8 Å². The number of carboxylic acids is 1. The molecule has 1 saturated carbocycles. The molecule has 0 saturated heterocycles. The summed E-state index contributed by atoms with van der Waals surface area (Å²) in [5.41, 5.74) is 6.22. The average molecular weight is 240 g/mol. The third-order valence-corrected chi connectivity index (χ3v) is 4.32. The maximum Gasteiger partial charge on any atom is 0.321 e. The van der Waals surface area contributed by atoms with Crippen LogP contribution in [0.25, 0.3) is 0 Å². The molecule has 1 heterocycles. The predicted molar refractivity (Wildman–Crippen MR) is 62.7 cm³/mol. The zero-order chi connectivity index (χ0) is 11.9.